The molecule has 2 N–H and O–H groups in total. The number of amides is 2. The van der Waals surface area contributed by atoms with Gasteiger partial charge in [0.2, 0.25) is 5.91 Å². The third-order valence-corrected chi connectivity index (χ3v) is 5.21. The molecule has 6 nitrogen and oxygen atoms in total. The van der Waals surface area contributed by atoms with Gasteiger partial charge in [-0.1, -0.05) is 23.2 Å². The SMILES string of the molecule is CC(=O)Nc1ccc(C(=O)NN=Cc2cc(C)n(-c3ccc(Cl)c(Cl)c3)c2C)cc1. The van der Waals surface area contributed by atoms with Crippen molar-refractivity contribution in [3.8, 4) is 5.69 Å². The number of nitrogens with zero attached hydrogens (tertiary/aromatic N) is 2. The number of nitrogens with one attached hydrogen (secondary N) is 2. The first-order valence-corrected chi connectivity index (χ1v) is 9.87. The number of anilines is 1. The molecule has 2 aromatic carbocycles. The molecule has 0 aliphatic heterocycles. The Bertz CT molecular complexity index is 1130. The molecule has 0 saturated heterocycles. The van der Waals surface area contributed by atoms with Gasteiger partial charge in [-0.2, -0.15) is 5.10 Å². The van der Waals surface area contributed by atoms with Crippen molar-refractivity contribution in [3.63, 3.8) is 0 Å². The number of benzene rings is 2. The second-order valence-corrected chi connectivity index (χ2v) is 7.53. The summed E-state index contributed by atoms with van der Waals surface area (Å²) in [6, 6.07) is 14.0. The van der Waals surface area contributed by atoms with Crippen LogP contribution in [0.4, 0.5) is 5.69 Å². The first-order valence-electron chi connectivity index (χ1n) is 9.11. The van der Waals surface area contributed by atoms with Crippen molar-refractivity contribution in [2.75, 3.05) is 5.32 Å². The number of aromatic nitrogens is 1. The van der Waals surface area contributed by atoms with Gasteiger partial charge in [0.05, 0.1) is 16.3 Å². The van der Waals surface area contributed by atoms with Crippen LogP contribution in [0.25, 0.3) is 5.69 Å². The number of carbonyl (C=O) groups excluding carboxylic acids is 2. The highest BCUT2D eigenvalue weighted by atomic mass is 35.5. The van der Waals surface area contributed by atoms with Crippen LogP contribution in [-0.2, 0) is 4.79 Å². The Kier molecular flexibility index (Phi) is 6.59. The lowest BCUT2D eigenvalue weighted by molar-refractivity contribution is -0.114. The fourth-order valence-electron chi connectivity index (χ4n) is 3.07. The van der Waals surface area contributed by atoms with Crippen LogP contribution in [0.2, 0.25) is 10.0 Å². The van der Waals surface area contributed by atoms with E-state index in [9.17, 15) is 9.59 Å². The summed E-state index contributed by atoms with van der Waals surface area (Å²) in [6.45, 7) is 5.36. The molecule has 2 amide bonds. The predicted octanol–water partition coefficient (Wildman–Crippen LogP) is 5.12. The van der Waals surface area contributed by atoms with Gasteiger partial charge in [-0.05, 0) is 62.4 Å². The molecule has 154 valence electrons. The van der Waals surface area contributed by atoms with Crippen molar-refractivity contribution < 1.29 is 9.59 Å². The number of carbonyl (C=O) groups is 2. The smallest absolute Gasteiger partial charge is 0.271 e. The fraction of sp³-hybridized carbons (Fsp3) is 0.136. The van der Waals surface area contributed by atoms with E-state index in [1.807, 2.05) is 30.5 Å². The standard InChI is InChI=1S/C22H20Cl2N4O2/c1-13-10-17(14(2)28(13)19-8-9-20(23)21(24)11-19)12-25-27-22(30)16-4-6-18(7-5-16)26-15(3)29/h4-12H,1-3H3,(H,26,29)(H,27,30). The van der Waals surface area contributed by atoms with Gasteiger partial charge < -0.3 is 9.88 Å². The Balaban J connectivity index is 1.73. The van der Waals surface area contributed by atoms with E-state index in [0.717, 1.165) is 22.6 Å². The van der Waals surface area contributed by atoms with Crippen LogP contribution >= 0.6 is 23.2 Å². The second-order valence-electron chi connectivity index (χ2n) is 6.72. The number of rotatable bonds is 5. The quantitative estimate of drug-likeness (QED) is 0.424. The Labute approximate surface area is 184 Å². The van der Waals surface area contributed by atoms with Crippen molar-refractivity contribution in [1.29, 1.82) is 0 Å². The van der Waals surface area contributed by atoms with Gasteiger partial charge >= 0.3 is 0 Å². The van der Waals surface area contributed by atoms with E-state index in [-0.39, 0.29) is 11.8 Å². The summed E-state index contributed by atoms with van der Waals surface area (Å²) >= 11 is 12.2. The molecule has 0 aliphatic carbocycles. The van der Waals surface area contributed by atoms with Crippen LogP contribution in [-0.4, -0.2) is 22.6 Å². The van der Waals surface area contributed by atoms with Gasteiger partial charge in [0, 0.05) is 40.8 Å². The van der Waals surface area contributed by atoms with E-state index in [1.54, 1.807) is 42.6 Å². The highest BCUT2D eigenvalue weighted by Crippen LogP contribution is 2.27. The molecule has 8 heteroatoms. The number of hydrogen-bond donors (Lipinski definition) is 2. The number of halogens is 2. The summed E-state index contributed by atoms with van der Waals surface area (Å²) in [4.78, 5) is 23.3. The minimum absolute atomic E-state index is 0.171. The van der Waals surface area contributed by atoms with Gasteiger partial charge in [-0.15, -0.1) is 0 Å². The summed E-state index contributed by atoms with van der Waals surface area (Å²) in [5, 5.41) is 7.70. The molecule has 0 aliphatic rings. The van der Waals surface area contributed by atoms with Gasteiger partial charge in [0.15, 0.2) is 0 Å². The maximum absolute atomic E-state index is 12.3. The zero-order valence-electron chi connectivity index (χ0n) is 16.7. The normalized spacial score (nSPS) is 11.0. The molecule has 0 spiro atoms. The van der Waals surface area contributed by atoms with E-state index >= 15 is 0 Å². The molecule has 3 aromatic rings. The molecule has 1 heterocycles. The molecule has 0 radical (unpaired) electrons. The van der Waals surface area contributed by atoms with Crippen LogP contribution in [0, 0.1) is 13.8 Å². The molecule has 0 atom stereocenters. The summed E-state index contributed by atoms with van der Waals surface area (Å²) in [5.74, 6) is -0.519. The van der Waals surface area contributed by atoms with Gasteiger partial charge in [0.1, 0.15) is 0 Å². The molecule has 30 heavy (non-hydrogen) atoms. The fourth-order valence-corrected chi connectivity index (χ4v) is 3.37. The monoisotopic (exact) mass is 442 g/mol. The summed E-state index contributed by atoms with van der Waals surface area (Å²) in [5.41, 5.74) is 7.26. The summed E-state index contributed by atoms with van der Waals surface area (Å²) in [6.07, 6.45) is 1.60. The molecular weight excluding hydrogens is 423 g/mol. The van der Waals surface area contributed by atoms with E-state index in [2.05, 4.69) is 15.8 Å². The Morgan fingerprint density at radius 3 is 2.33 bits per heavy atom. The predicted molar refractivity (Wildman–Crippen MR) is 121 cm³/mol. The van der Waals surface area contributed by atoms with E-state index in [0.29, 0.717) is 21.3 Å². The summed E-state index contributed by atoms with van der Waals surface area (Å²) < 4.78 is 2.03. The van der Waals surface area contributed by atoms with Crippen LogP contribution in [0.15, 0.2) is 53.6 Å². The Morgan fingerprint density at radius 1 is 1.00 bits per heavy atom. The van der Waals surface area contributed by atoms with Crippen LogP contribution in [0.3, 0.4) is 0 Å². The van der Waals surface area contributed by atoms with E-state index < -0.39 is 0 Å². The lowest BCUT2D eigenvalue weighted by Crippen LogP contribution is -2.17. The first kappa shape index (κ1) is 21.6. The first-order chi connectivity index (χ1) is 14.3. The zero-order valence-corrected chi connectivity index (χ0v) is 18.2. The molecule has 1 aromatic heterocycles. The topological polar surface area (TPSA) is 75.5 Å². The molecule has 0 fully saturated rings. The van der Waals surface area contributed by atoms with Crippen LogP contribution < -0.4 is 10.7 Å². The molecule has 0 unspecified atom stereocenters. The number of hydrogen-bond acceptors (Lipinski definition) is 3. The van der Waals surface area contributed by atoms with E-state index in [4.69, 9.17) is 23.2 Å². The minimum atomic E-state index is -0.348. The van der Waals surface area contributed by atoms with Crippen molar-refractivity contribution >= 4 is 46.9 Å². The van der Waals surface area contributed by atoms with Crippen LogP contribution in [0.5, 0.6) is 0 Å². The third kappa shape index (κ3) is 4.90. The van der Waals surface area contributed by atoms with Gasteiger partial charge in [-0.3, -0.25) is 9.59 Å². The zero-order chi connectivity index (χ0) is 21.8. The molecule has 0 bridgehead atoms. The number of hydrazone groups is 1. The Hall–Kier alpha value is -3.09. The average molecular weight is 443 g/mol. The largest absolute Gasteiger partial charge is 0.326 e. The van der Waals surface area contributed by atoms with Crippen molar-refractivity contribution in [2.45, 2.75) is 20.8 Å². The lowest BCUT2D eigenvalue weighted by atomic mass is 10.2. The van der Waals surface area contributed by atoms with Crippen molar-refractivity contribution in [1.82, 2.24) is 9.99 Å². The number of aryl methyl sites for hydroxylation is 1. The molecule has 3 rings (SSSR count). The maximum Gasteiger partial charge on any atom is 0.271 e. The highest BCUT2D eigenvalue weighted by molar-refractivity contribution is 6.42. The molecular formula is C22H20Cl2N4O2. The summed E-state index contributed by atoms with van der Waals surface area (Å²) in [7, 11) is 0. The van der Waals surface area contributed by atoms with Crippen molar-refractivity contribution in [2.24, 2.45) is 5.10 Å². The van der Waals surface area contributed by atoms with Gasteiger partial charge in [0.25, 0.3) is 5.91 Å². The average Bonchev–Trinajstić information content (AvgIpc) is 2.97. The highest BCUT2D eigenvalue weighted by Gasteiger charge is 2.11. The van der Waals surface area contributed by atoms with Crippen LogP contribution in [0.1, 0.15) is 34.2 Å². The Morgan fingerprint density at radius 2 is 1.70 bits per heavy atom. The maximum atomic E-state index is 12.3. The molecule has 0 saturated carbocycles. The van der Waals surface area contributed by atoms with Gasteiger partial charge in [-0.25, -0.2) is 5.43 Å². The second kappa shape index (κ2) is 9.15. The third-order valence-electron chi connectivity index (χ3n) is 4.47. The van der Waals surface area contributed by atoms with E-state index in [1.165, 1.54) is 6.92 Å². The lowest BCUT2D eigenvalue weighted by Gasteiger charge is -2.10. The minimum Gasteiger partial charge on any atom is -0.326 e. The van der Waals surface area contributed by atoms with Crippen molar-refractivity contribution in [3.05, 3.63) is 81.1 Å².